The van der Waals surface area contributed by atoms with Crippen molar-refractivity contribution in [3.63, 3.8) is 0 Å². The Bertz CT molecular complexity index is 616. The zero-order valence-corrected chi connectivity index (χ0v) is 11.8. The number of benzene rings is 1. The summed E-state index contributed by atoms with van der Waals surface area (Å²) < 4.78 is 7.60. The molecule has 1 aromatic carbocycles. The van der Waals surface area contributed by atoms with Gasteiger partial charge >= 0.3 is 0 Å². The number of tetrazole rings is 1. The zero-order chi connectivity index (χ0) is 14.2. The van der Waals surface area contributed by atoms with Gasteiger partial charge in [0.25, 0.3) is 0 Å². The monoisotopic (exact) mass is 273 g/mol. The maximum atomic E-state index is 6.05. The normalized spacial score (nSPS) is 22.3. The maximum Gasteiger partial charge on any atom is 0.184 e. The molecule has 0 saturated carbocycles. The summed E-state index contributed by atoms with van der Waals surface area (Å²) in [5, 5.41) is 12.0. The van der Waals surface area contributed by atoms with Crippen LogP contribution in [-0.2, 0) is 11.3 Å². The fraction of sp³-hybridized carbons (Fsp3) is 0.500. The van der Waals surface area contributed by atoms with Gasteiger partial charge in [-0.2, -0.15) is 0 Å². The van der Waals surface area contributed by atoms with E-state index in [-0.39, 0.29) is 5.60 Å². The van der Waals surface area contributed by atoms with Crippen molar-refractivity contribution in [3.8, 4) is 11.4 Å². The Morgan fingerprint density at radius 1 is 1.45 bits per heavy atom. The molecule has 1 atom stereocenters. The van der Waals surface area contributed by atoms with E-state index in [0.29, 0.717) is 18.1 Å². The molecule has 0 spiro atoms. The van der Waals surface area contributed by atoms with Crippen LogP contribution in [0.2, 0.25) is 0 Å². The number of aromatic nitrogens is 4. The third-order valence-electron chi connectivity index (χ3n) is 3.77. The SMILES string of the molecule is Cc1ccc(N)c(-c2nnnn2CC2(C)CCCO2)c1. The Balaban J connectivity index is 1.95. The fourth-order valence-electron chi connectivity index (χ4n) is 2.65. The van der Waals surface area contributed by atoms with Gasteiger partial charge in [-0.25, -0.2) is 4.68 Å². The van der Waals surface area contributed by atoms with E-state index in [1.807, 2.05) is 25.1 Å². The number of nitrogen functional groups attached to an aromatic ring is 1. The van der Waals surface area contributed by atoms with Gasteiger partial charge in [-0.3, -0.25) is 0 Å². The van der Waals surface area contributed by atoms with Gasteiger partial charge in [0.2, 0.25) is 0 Å². The van der Waals surface area contributed by atoms with Crippen molar-refractivity contribution in [3.05, 3.63) is 23.8 Å². The number of rotatable bonds is 3. The van der Waals surface area contributed by atoms with E-state index in [9.17, 15) is 0 Å². The van der Waals surface area contributed by atoms with Crippen LogP contribution in [0, 0.1) is 6.92 Å². The molecule has 0 amide bonds. The molecule has 2 aromatic rings. The minimum Gasteiger partial charge on any atom is -0.398 e. The van der Waals surface area contributed by atoms with E-state index in [1.54, 1.807) is 4.68 Å². The number of hydrogen-bond donors (Lipinski definition) is 1. The number of anilines is 1. The van der Waals surface area contributed by atoms with Crippen molar-refractivity contribution in [1.82, 2.24) is 20.2 Å². The van der Waals surface area contributed by atoms with Crippen LogP contribution >= 0.6 is 0 Å². The largest absolute Gasteiger partial charge is 0.398 e. The summed E-state index contributed by atoms with van der Waals surface area (Å²) in [6.07, 6.45) is 2.11. The summed E-state index contributed by atoms with van der Waals surface area (Å²) in [6.45, 7) is 5.58. The first kappa shape index (κ1) is 13.1. The standard InChI is InChI=1S/C14H19N5O/c1-10-4-5-12(15)11(8-10)13-16-17-18-19(13)9-14(2)6-3-7-20-14/h4-5,8H,3,6-7,9,15H2,1-2H3. The lowest BCUT2D eigenvalue weighted by Gasteiger charge is -2.23. The molecule has 6 heteroatoms. The molecule has 2 N–H and O–H groups in total. The molecule has 3 rings (SSSR count). The summed E-state index contributed by atoms with van der Waals surface area (Å²) in [6, 6.07) is 5.88. The van der Waals surface area contributed by atoms with Crippen LogP contribution < -0.4 is 5.73 Å². The zero-order valence-electron chi connectivity index (χ0n) is 11.8. The first-order valence-electron chi connectivity index (χ1n) is 6.84. The van der Waals surface area contributed by atoms with Crippen LogP contribution in [0.15, 0.2) is 18.2 Å². The summed E-state index contributed by atoms with van der Waals surface area (Å²) >= 11 is 0. The average molecular weight is 273 g/mol. The molecule has 20 heavy (non-hydrogen) atoms. The summed E-state index contributed by atoms with van der Waals surface area (Å²) in [4.78, 5) is 0. The second kappa shape index (κ2) is 4.86. The number of nitrogens with zero attached hydrogens (tertiary/aromatic N) is 4. The smallest absolute Gasteiger partial charge is 0.184 e. The molecular formula is C14H19N5O. The molecule has 1 saturated heterocycles. The number of nitrogens with two attached hydrogens (primary N) is 1. The Hall–Kier alpha value is -1.95. The van der Waals surface area contributed by atoms with Crippen LogP contribution in [0.3, 0.4) is 0 Å². The molecule has 2 heterocycles. The van der Waals surface area contributed by atoms with Gasteiger partial charge in [-0.1, -0.05) is 11.6 Å². The lowest BCUT2D eigenvalue weighted by Crippen LogP contribution is -2.30. The highest BCUT2D eigenvalue weighted by molar-refractivity contribution is 5.72. The van der Waals surface area contributed by atoms with Gasteiger partial charge in [0, 0.05) is 17.9 Å². The third-order valence-corrected chi connectivity index (χ3v) is 3.77. The van der Waals surface area contributed by atoms with Gasteiger partial charge in [0.1, 0.15) is 0 Å². The molecule has 0 aliphatic carbocycles. The first-order valence-corrected chi connectivity index (χ1v) is 6.84. The topological polar surface area (TPSA) is 78.9 Å². The molecule has 106 valence electrons. The molecule has 1 fully saturated rings. The summed E-state index contributed by atoms with van der Waals surface area (Å²) in [5.74, 6) is 0.697. The highest BCUT2D eigenvalue weighted by atomic mass is 16.5. The van der Waals surface area contributed by atoms with Crippen molar-refractivity contribution < 1.29 is 4.74 Å². The molecular weight excluding hydrogens is 254 g/mol. The van der Waals surface area contributed by atoms with Crippen LogP contribution in [0.5, 0.6) is 0 Å². The van der Waals surface area contributed by atoms with E-state index in [4.69, 9.17) is 10.5 Å². The quantitative estimate of drug-likeness (QED) is 0.863. The molecule has 6 nitrogen and oxygen atoms in total. The lowest BCUT2D eigenvalue weighted by atomic mass is 10.0. The van der Waals surface area contributed by atoms with Crippen molar-refractivity contribution in [2.24, 2.45) is 0 Å². The van der Waals surface area contributed by atoms with E-state index in [0.717, 1.165) is 30.6 Å². The molecule has 1 aliphatic rings. The van der Waals surface area contributed by atoms with Crippen LogP contribution in [0.4, 0.5) is 5.69 Å². The van der Waals surface area contributed by atoms with E-state index < -0.39 is 0 Å². The van der Waals surface area contributed by atoms with Crippen LogP contribution in [0.25, 0.3) is 11.4 Å². The van der Waals surface area contributed by atoms with E-state index in [2.05, 4.69) is 22.4 Å². The van der Waals surface area contributed by atoms with Crippen LogP contribution in [0.1, 0.15) is 25.3 Å². The highest BCUT2D eigenvalue weighted by Crippen LogP contribution is 2.29. The van der Waals surface area contributed by atoms with Gasteiger partial charge < -0.3 is 10.5 Å². The Morgan fingerprint density at radius 2 is 2.30 bits per heavy atom. The first-order chi connectivity index (χ1) is 9.57. The second-order valence-corrected chi connectivity index (χ2v) is 5.65. The Morgan fingerprint density at radius 3 is 3.05 bits per heavy atom. The summed E-state index contributed by atoms with van der Waals surface area (Å²) in [7, 11) is 0. The Labute approximate surface area is 117 Å². The van der Waals surface area contributed by atoms with Gasteiger partial charge in [0.15, 0.2) is 5.82 Å². The highest BCUT2D eigenvalue weighted by Gasteiger charge is 2.32. The molecule has 1 unspecified atom stereocenters. The van der Waals surface area contributed by atoms with Crippen molar-refractivity contribution in [2.75, 3.05) is 12.3 Å². The fourth-order valence-corrected chi connectivity index (χ4v) is 2.65. The van der Waals surface area contributed by atoms with Crippen LogP contribution in [-0.4, -0.2) is 32.4 Å². The number of hydrogen-bond acceptors (Lipinski definition) is 5. The van der Waals surface area contributed by atoms with Crippen molar-refractivity contribution in [1.29, 1.82) is 0 Å². The van der Waals surface area contributed by atoms with Crippen molar-refractivity contribution >= 4 is 5.69 Å². The van der Waals surface area contributed by atoms with E-state index >= 15 is 0 Å². The lowest BCUT2D eigenvalue weighted by molar-refractivity contribution is 0.00356. The van der Waals surface area contributed by atoms with Gasteiger partial charge in [-0.05, 0) is 49.2 Å². The van der Waals surface area contributed by atoms with Gasteiger partial charge in [0.05, 0.1) is 12.1 Å². The molecule has 1 aliphatic heterocycles. The van der Waals surface area contributed by atoms with Crippen molar-refractivity contribution in [2.45, 2.75) is 38.8 Å². The summed E-state index contributed by atoms with van der Waals surface area (Å²) in [5.41, 5.74) is 8.55. The predicted molar refractivity (Wildman–Crippen MR) is 76.0 cm³/mol. The molecule has 0 radical (unpaired) electrons. The minimum atomic E-state index is -0.192. The number of ether oxygens (including phenoxy) is 1. The third kappa shape index (κ3) is 2.38. The minimum absolute atomic E-state index is 0.192. The number of aryl methyl sites for hydroxylation is 1. The van der Waals surface area contributed by atoms with E-state index in [1.165, 1.54) is 0 Å². The predicted octanol–water partition coefficient (Wildman–Crippen LogP) is 1.80. The second-order valence-electron chi connectivity index (χ2n) is 5.65. The average Bonchev–Trinajstić information content (AvgIpc) is 3.02. The molecule has 1 aromatic heterocycles. The molecule has 0 bridgehead atoms. The van der Waals surface area contributed by atoms with Gasteiger partial charge in [-0.15, -0.1) is 5.10 Å². The maximum absolute atomic E-state index is 6.05. The Kier molecular flexibility index (Phi) is 3.17.